The molecule has 0 atom stereocenters. The summed E-state index contributed by atoms with van der Waals surface area (Å²) < 4.78 is 6.47. The zero-order chi connectivity index (χ0) is 20.9. The second-order valence-corrected chi connectivity index (χ2v) is 8.63. The van der Waals surface area contributed by atoms with Gasteiger partial charge in [-0.05, 0) is 24.1 Å². The Morgan fingerprint density at radius 3 is 2.60 bits per heavy atom. The number of thiazole rings is 1. The Bertz CT molecular complexity index is 983. The highest BCUT2D eigenvalue weighted by atomic mass is 32.1. The van der Waals surface area contributed by atoms with E-state index in [2.05, 4.69) is 40.2 Å². The quantitative estimate of drug-likeness (QED) is 0.583. The summed E-state index contributed by atoms with van der Waals surface area (Å²) in [5, 5.41) is 0.837. The van der Waals surface area contributed by atoms with Crippen molar-refractivity contribution in [2.24, 2.45) is 0 Å². The number of carbonyl (C=O) groups excluding carboxylic acids is 1. The number of amides is 1. The predicted octanol–water partition coefficient (Wildman–Crippen LogP) is 3.13. The zero-order valence-electron chi connectivity index (χ0n) is 17.6. The molecule has 1 amide bonds. The number of hydrogen-bond donors (Lipinski definition) is 0. The number of fused-ring (bicyclic) bond motifs is 1. The van der Waals surface area contributed by atoms with Crippen LogP contribution in [0.1, 0.15) is 5.56 Å². The van der Waals surface area contributed by atoms with Gasteiger partial charge >= 0.3 is 0 Å². The second kappa shape index (κ2) is 9.45. The Labute approximate surface area is 181 Å². The van der Waals surface area contributed by atoms with Gasteiger partial charge in [-0.15, -0.1) is 0 Å². The number of hydrogen-bond acceptors (Lipinski definition) is 6. The molecule has 0 radical (unpaired) electrons. The van der Waals surface area contributed by atoms with Gasteiger partial charge in [0.1, 0.15) is 11.3 Å². The molecule has 0 spiro atoms. The number of benzene rings is 2. The highest BCUT2D eigenvalue weighted by molar-refractivity contribution is 7.22. The van der Waals surface area contributed by atoms with Crippen molar-refractivity contribution >= 4 is 32.6 Å². The summed E-state index contributed by atoms with van der Waals surface area (Å²) >= 11 is 1.58. The molecule has 0 bridgehead atoms. The molecule has 0 unspecified atom stereocenters. The van der Waals surface area contributed by atoms with Crippen LogP contribution in [0.25, 0.3) is 10.2 Å². The molecule has 1 aromatic heterocycles. The predicted molar refractivity (Wildman–Crippen MR) is 123 cm³/mol. The number of para-hydroxylation sites is 1. The van der Waals surface area contributed by atoms with Gasteiger partial charge in [-0.3, -0.25) is 9.69 Å². The summed E-state index contributed by atoms with van der Waals surface area (Å²) in [6.45, 7) is 4.82. The van der Waals surface area contributed by atoms with Crippen molar-refractivity contribution in [2.45, 2.75) is 6.42 Å². The average Bonchev–Trinajstić information content (AvgIpc) is 3.23. The topological polar surface area (TPSA) is 48.9 Å². The van der Waals surface area contributed by atoms with Crippen molar-refractivity contribution in [1.82, 2.24) is 14.8 Å². The van der Waals surface area contributed by atoms with E-state index in [1.807, 2.05) is 35.0 Å². The van der Waals surface area contributed by atoms with E-state index in [1.165, 1.54) is 5.56 Å². The van der Waals surface area contributed by atoms with Crippen LogP contribution in [0.5, 0.6) is 5.75 Å². The van der Waals surface area contributed by atoms with E-state index in [9.17, 15) is 4.79 Å². The lowest BCUT2D eigenvalue weighted by molar-refractivity contribution is -0.131. The van der Waals surface area contributed by atoms with Gasteiger partial charge in [0, 0.05) is 39.8 Å². The lowest BCUT2D eigenvalue weighted by Crippen LogP contribution is -2.51. The first-order chi connectivity index (χ1) is 14.6. The number of rotatable bonds is 7. The van der Waals surface area contributed by atoms with Crippen molar-refractivity contribution in [2.75, 3.05) is 58.3 Å². The molecule has 1 fully saturated rings. The SMILES string of the molecule is COc1cccc2sc(N(C)CC(=O)N3CCN(CCc4ccccc4)CC3)nc12. The summed E-state index contributed by atoms with van der Waals surface area (Å²) in [5.41, 5.74) is 2.22. The van der Waals surface area contributed by atoms with Crippen molar-refractivity contribution in [3.05, 3.63) is 54.1 Å². The van der Waals surface area contributed by atoms with Gasteiger partial charge in [0.2, 0.25) is 5.91 Å². The van der Waals surface area contributed by atoms with Gasteiger partial charge in [0.25, 0.3) is 0 Å². The Morgan fingerprint density at radius 2 is 1.87 bits per heavy atom. The Balaban J connectivity index is 1.28. The molecule has 30 heavy (non-hydrogen) atoms. The fraction of sp³-hybridized carbons (Fsp3) is 0.391. The number of anilines is 1. The first-order valence-corrected chi connectivity index (χ1v) is 11.1. The molecule has 7 heteroatoms. The molecule has 1 aliphatic rings. The Hall–Kier alpha value is -2.64. The van der Waals surface area contributed by atoms with Crippen molar-refractivity contribution in [1.29, 1.82) is 0 Å². The van der Waals surface area contributed by atoms with E-state index >= 15 is 0 Å². The van der Waals surface area contributed by atoms with Crippen LogP contribution in [0, 0.1) is 0 Å². The van der Waals surface area contributed by atoms with Gasteiger partial charge in [0.05, 0.1) is 18.4 Å². The molecule has 2 aromatic carbocycles. The minimum absolute atomic E-state index is 0.159. The van der Waals surface area contributed by atoms with Crippen LogP contribution in [-0.4, -0.2) is 74.1 Å². The maximum absolute atomic E-state index is 12.8. The normalized spacial score (nSPS) is 14.8. The highest BCUT2D eigenvalue weighted by Gasteiger charge is 2.23. The van der Waals surface area contributed by atoms with Crippen LogP contribution in [0.3, 0.4) is 0 Å². The minimum Gasteiger partial charge on any atom is -0.494 e. The van der Waals surface area contributed by atoms with Gasteiger partial charge < -0.3 is 14.5 Å². The molecule has 6 nitrogen and oxygen atoms in total. The van der Waals surface area contributed by atoms with Crippen LogP contribution in [0.4, 0.5) is 5.13 Å². The molecule has 1 aliphatic heterocycles. The van der Waals surface area contributed by atoms with E-state index in [-0.39, 0.29) is 5.91 Å². The highest BCUT2D eigenvalue weighted by Crippen LogP contribution is 2.33. The number of methoxy groups -OCH3 is 1. The lowest BCUT2D eigenvalue weighted by Gasteiger charge is -2.35. The molecular weight excluding hydrogens is 396 g/mol. The molecule has 0 aliphatic carbocycles. The van der Waals surface area contributed by atoms with Crippen molar-refractivity contribution in [3.8, 4) is 5.75 Å². The third kappa shape index (κ3) is 4.74. The summed E-state index contributed by atoms with van der Waals surface area (Å²) in [5.74, 6) is 0.924. The van der Waals surface area contributed by atoms with Crippen LogP contribution >= 0.6 is 11.3 Å². The number of carbonyl (C=O) groups is 1. The van der Waals surface area contributed by atoms with Gasteiger partial charge in [0.15, 0.2) is 5.13 Å². The van der Waals surface area contributed by atoms with Crippen molar-refractivity contribution < 1.29 is 9.53 Å². The monoisotopic (exact) mass is 424 g/mol. The lowest BCUT2D eigenvalue weighted by atomic mass is 10.1. The third-order valence-corrected chi connectivity index (χ3v) is 6.71. The molecule has 0 N–H and O–H groups in total. The molecule has 3 aromatic rings. The maximum atomic E-state index is 12.8. The standard InChI is InChI=1S/C23H28N4O2S/c1-25(23-24-22-19(29-2)9-6-10-20(22)30-23)17-21(28)27-15-13-26(14-16-27)12-11-18-7-4-3-5-8-18/h3-10H,11-17H2,1-2H3. The number of likely N-dealkylation sites (N-methyl/N-ethyl adjacent to an activating group) is 1. The number of piperazine rings is 1. The summed E-state index contributed by atoms with van der Waals surface area (Å²) in [7, 11) is 3.58. The fourth-order valence-electron chi connectivity index (χ4n) is 3.76. The fourth-order valence-corrected chi connectivity index (χ4v) is 4.71. The third-order valence-electron chi connectivity index (χ3n) is 5.57. The largest absolute Gasteiger partial charge is 0.494 e. The van der Waals surface area contributed by atoms with E-state index in [0.29, 0.717) is 6.54 Å². The average molecular weight is 425 g/mol. The first kappa shape index (κ1) is 20.6. The Kier molecular flexibility index (Phi) is 6.50. The second-order valence-electron chi connectivity index (χ2n) is 7.62. The summed E-state index contributed by atoms with van der Waals surface area (Å²) in [4.78, 5) is 23.9. The molecule has 0 saturated carbocycles. The minimum atomic E-state index is 0.159. The van der Waals surface area contributed by atoms with Crippen LogP contribution < -0.4 is 9.64 Å². The summed E-state index contributed by atoms with van der Waals surface area (Å²) in [6, 6.07) is 16.5. The number of nitrogens with zero attached hydrogens (tertiary/aromatic N) is 4. The summed E-state index contributed by atoms with van der Waals surface area (Å²) in [6.07, 6.45) is 1.05. The van der Waals surface area contributed by atoms with Gasteiger partial charge in [-0.1, -0.05) is 47.7 Å². The number of aromatic nitrogens is 1. The van der Waals surface area contributed by atoms with E-state index in [1.54, 1.807) is 18.4 Å². The van der Waals surface area contributed by atoms with Crippen LogP contribution in [0.15, 0.2) is 48.5 Å². The molecule has 4 rings (SSSR count). The van der Waals surface area contributed by atoms with E-state index in [4.69, 9.17) is 4.74 Å². The molecular formula is C23H28N4O2S. The zero-order valence-corrected chi connectivity index (χ0v) is 18.4. The smallest absolute Gasteiger partial charge is 0.242 e. The van der Waals surface area contributed by atoms with Gasteiger partial charge in [-0.25, -0.2) is 4.98 Å². The first-order valence-electron chi connectivity index (χ1n) is 10.3. The Morgan fingerprint density at radius 1 is 1.10 bits per heavy atom. The molecule has 1 saturated heterocycles. The number of ether oxygens (including phenoxy) is 1. The maximum Gasteiger partial charge on any atom is 0.242 e. The van der Waals surface area contributed by atoms with Gasteiger partial charge in [-0.2, -0.15) is 0 Å². The van der Waals surface area contributed by atoms with Crippen LogP contribution in [-0.2, 0) is 11.2 Å². The van der Waals surface area contributed by atoms with Crippen molar-refractivity contribution in [3.63, 3.8) is 0 Å². The van der Waals surface area contributed by atoms with E-state index < -0.39 is 0 Å². The molecule has 158 valence electrons. The molecule has 2 heterocycles. The van der Waals surface area contributed by atoms with Crippen LogP contribution in [0.2, 0.25) is 0 Å². The van der Waals surface area contributed by atoms with E-state index in [0.717, 1.165) is 60.2 Å².